The van der Waals surface area contributed by atoms with E-state index in [2.05, 4.69) is 17.8 Å². The highest BCUT2D eigenvalue weighted by molar-refractivity contribution is 5.96. The number of carbonyl (C=O) groups is 3. The Hall–Kier alpha value is -3.95. The van der Waals surface area contributed by atoms with Crippen LogP contribution < -0.4 is 15.8 Å². The molecule has 1 heterocycles. The number of nitrogens with one attached hydrogen (secondary N) is 2. The zero-order chi connectivity index (χ0) is 23.1. The molecule has 1 saturated heterocycles. The molecule has 0 aromatic heterocycles. The molecule has 32 heavy (non-hydrogen) atoms. The number of esters is 1. The van der Waals surface area contributed by atoms with Gasteiger partial charge in [0.25, 0.3) is 17.5 Å². The predicted molar refractivity (Wildman–Crippen MR) is 116 cm³/mol. The molecule has 0 atom stereocenters. The summed E-state index contributed by atoms with van der Waals surface area (Å²) >= 11 is 0. The second kappa shape index (κ2) is 10.4. The minimum Gasteiger partial charge on any atom is -0.452 e. The molecule has 0 spiro atoms. The van der Waals surface area contributed by atoms with Gasteiger partial charge in [-0.15, -0.1) is 0 Å². The summed E-state index contributed by atoms with van der Waals surface area (Å²) in [5.41, 5.74) is 4.93. The molecule has 1 aliphatic heterocycles. The van der Waals surface area contributed by atoms with Crippen molar-refractivity contribution in [3.05, 3.63) is 69.8 Å². The van der Waals surface area contributed by atoms with E-state index in [-0.39, 0.29) is 11.3 Å². The lowest BCUT2D eigenvalue weighted by atomic mass is 9.98. The van der Waals surface area contributed by atoms with Crippen LogP contribution in [0, 0.1) is 16.0 Å². The number of rotatable bonds is 6. The summed E-state index contributed by atoms with van der Waals surface area (Å²) < 4.78 is 4.92. The first kappa shape index (κ1) is 22.7. The van der Waals surface area contributed by atoms with E-state index >= 15 is 0 Å². The fraction of sp³-hybridized carbons (Fsp3) is 0.318. The van der Waals surface area contributed by atoms with Crippen molar-refractivity contribution >= 4 is 29.2 Å². The van der Waals surface area contributed by atoms with Gasteiger partial charge in [0, 0.05) is 24.7 Å². The maximum absolute atomic E-state index is 12.3. The van der Waals surface area contributed by atoms with Gasteiger partial charge in [-0.1, -0.05) is 25.1 Å². The molecule has 10 nitrogen and oxygen atoms in total. The number of anilines is 1. The number of nitro benzene ring substituents is 1. The number of amides is 2. The SMILES string of the molecule is CC1CCN(c2ccc(C(=O)OCC(=O)NNC(=O)c3ccccc3)cc2[N+](=O)[O-])CC1. The van der Waals surface area contributed by atoms with Gasteiger partial charge < -0.3 is 9.64 Å². The number of carbonyl (C=O) groups excluding carboxylic acids is 3. The van der Waals surface area contributed by atoms with Crippen LogP contribution in [0.3, 0.4) is 0 Å². The van der Waals surface area contributed by atoms with Gasteiger partial charge in [-0.3, -0.25) is 30.6 Å². The summed E-state index contributed by atoms with van der Waals surface area (Å²) in [5, 5.41) is 11.6. The Morgan fingerprint density at radius 2 is 1.75 bits per heavy atom. The third kappa shape index (κ3) is 5.81. The van der Waals surface area contributed by atoms with E-state index < -0.39 is 29.3 Å². The van der Waals surface area contributed by atoms with Gasteiger partial charge in [0.2, 0.25) is 0 Å². The second-order valence-electron chi connectivity index (χ2n) is 7.57. The maximum atomic E-state index is 12.3. The largest absolute Gasteiger partial charge is 0.452 e. The van der Waals surface area contributed by atoms with Gasteiger partial charge in [0.1, 0.15) is 5.69 Å². The molecule has 0 saturated carbocycles. The molecule has 0 aliphatic carbocycles. The van der Waals surface area contributed by atoms with E-state index in [1.165, 1.54) is 12.1 Å². The molecule has 10 heteroatoms. The number of piperidine rings is 1. The Balaban J connectivity index is 1.56. The first-order valence-corrected chi connectivity index (χ1v) is 10.2. The molecule has 0 radical (unpaired) electrons. The van der Waals surface area contributed by atoms with Crippen molar-refractivity contribution < 1.29 is 24.0 Å². The van der Waals surface area contributed by atoms with Gasteiger partial charge in [-0.2, -0.15) is 0 Å². The monoisotopic (exact) mass is 440 g/mol. The van der Waals surface area contributed by atoms with E-state index in [4.69, 9.17) is 4.74 Å². The zero-order valence-corrected chi connectivity index (χ0v) is 17.6. The smallest absolute Gasteiger partial charge is 0.338 e. The molecular formula is C22H24N4O6. The molecule has 2 N–H and O–H groups in total. The lowest BCUT2D eigenvalue weighted by molar-refractivity contribution is -0.384. The maximum Gasteiger partial charge on any atom is 0.338 e. The summed E-state index contributed by atoms with van der Waals surface area (Å²) in [5.74, 6) is -1.58. The average molecular weight is 440 g/mol. The Labute approximate surface area is 184 Å². The molecule has 2 aromatic carbocycles. The average Bonchev–Trinajstić information content (AvgIpc) is 2.81. The summed E-state index contributed by atoms with van der Waals surface area (Å²) in [6.07, 6.45) is 1.88. The quantitative estimate of drug-likeness (QED) is 0.401. The fourth-order valence-electron chi connectivity index (χ4n) is 3.35. The number of benzene rings is 2. The van der Waals surface area contributed by atoms with Crippen molar-refractivity contribution in [2.24, 2.45) is 5.92 Å². The van der Waals surface area contributed by atoms with Crippen LogP contribution in [0.1, 0.15) is 40.5 Å². The molecular weight excluding hydrogens is 416 g/mol. The number of hydrogen-bond acceptors (Lipinski definition) is 7. The molecule has 3 rings (SSSR count). The third-order valence-electron chi connectivity index (χ3n) is 5.22. The van der Waals surface area contributed by atoms with E-state index in [0.29, 0.717) is 30.3 Å². The standard InChI is InChI=1S/C22H24N4O6/c1-15-9-11-25(12-10-15)18-8-7-17(13-19(18)26(30)31)22(29)32-14-20(27)23-24-21(28)16-5-3-2-4-6-16/h2-8,13,15H,9-12,14H2,1H3,(H,23,27)(H,24,28). The van der Waals surface area contributed by atoms with Gasteiger partial charge in [-0.05, 0) is 43.0 Å². The Morgan fingerprint density at radius 3 is 2.41 bits per heavy atom. The highest BCUT2D eigenvalue weighted by Crippen LogP contribution is 2.32. The second-order valence-corrected chi connectivity index (χ2v) is 7.57. The normalized spacial score (nSPS) is 13.8. The summed E-state index contributed by atoms with van der Waals surface area (Å²) in [7, 11) is 0. The summed E-state index contributed by atoms with van der Waals surface area (Å²) in [4.78, 5) is 49.0. The summed E-state index contributed by atoms with van der Waals surface area (Å²) in [6, 6.07) is 12.4. The minimum absolute atomic E-state index is 0.0352. The molecule has 2 amide bonds. The van der Waals surface area contributed by atoms with Crippen molar-refractivity contribution in [2.45, 2.75) is 19.8 Å². The number of hydrogen-bond donors (Lipinski definition) is 2. The Bertz CT molecular complexity index is 1000. The van der Waals surface area contributed by atoms with Crippen LogP contribution in [-0.2, 0) is 9.53 Å². The fourth-order valence-corrected chi connectivity index (χ4v) is 3.35. The predicted octanol–water partition coefficient (Wildman–Crippen LogP) is 2.45. The molecule has 1 aliphatic rings. The number of nitro groups is 1. The minimum atomic E-state index is -0.878. The molecule has 0 unspecified atom stereocenters. The molecule has 0 bridgehead atoms. The number of ether oxygens (including phenoxy) is 1. The highest BCUT2D eigenvalue weighted by atomic mass is 16.6. The van der Waals surface area contributed by atoms with Gasteiger partial charge in [0.05, 0.1) is 10.5 Å². The van der Waals surface area contributed by atoms with E-state index in [1.54, 1.807) is 30.3 Å². The van der Waals surface area contributed by atoms with Crippen molar-refractivity contribution in [2.75, 3.05) is 24.6 Å². The Morgan fingerprint density at radius 1 is 1.06 bits per heavy atom. The highest BCUT2D eigenvalue weighted by Gasteiger charge is 2.25. The lowest BCUT2D eigenvalue weighted by Gasteiger charge is -2.31. The van der Waals surface area contributed by atoms with E-state index in [9.17, 15) is 24.5 Å². The number of hydrazine groups is 1. The molecule has 2 aromatic rings. The topological polar surface area (TPSA) is 131 Å². The number of nitrogens with zero attached hydrogens (tertiary/aromatic N) is 2. The van der Waals surface area contributed by atoms with Crippen molar-refractivity contribution in [1.82, 2.24) is 10.9 Å². The van der Waals surface area contributed by atoms with Crippen LogP contribution in [0.25, 0.3) is 0 Å². The van der Waals surface area contributed by atoms with Gasteiger partial charge in [0.15, 0.2) is 6.61 Å². The summed E-state index contributed by atoms with van der Waals surface area (Å²) in [6.45, 7) is 2.91. The first-order chi connectivity index (χ1) is 15.3. The van der Waals surface area contributed by atoms with Gasteiger partial charge >= 0.3 is 5.97 Å². The van der Waals surface area contributed by atoms with Crippen molar-refractivity contribution in [1.29, 1.82) is 0 Å². The molecule has 1 fully saturated rings. The molecule has 168 valence electrons. The van der Waals surface area contributed by atoms with Crippen molar-refractivity contribution in [3.63, 3.8) is 0 Å². The zero-order valence-electron chi connectivity index (χ0n) is 17.6. The third-order valence-corrected chi connectivity index (χ3v) is 5.22. The first-order valence-electron chi connectivity index (χ1n) is 10.2. The Kier molecular flexibility index (Phi) is 7.37. The van der Waals surface area contributed by atoms with Crippen molar-refractivity contribution in [3.8, 4) is 0 Å². The van der Waals surface area contributed by atoms with Crippen LogP contribution in [0.15, 0.2) is 48.5 Å². The van der Waals surface area contributed by atoms with E-state index in [0.717, 1.165) is 18.9 Å². The van der Waals surface area contributed by atoms with Gasteiger partial charge in [-0.25, -0.2) is 4.79 Å². The lowest BCUT2D eigenvalue weighted by Crippen LogP contribution is -2.43. The van der Waals surface area contributed by atoms with Crippen LogP contribution in [0.5, 0.6) is 0 Å². The van der Waals surface area contributed by atoms with E-state index in [1.807, 2.05) is 4.90 Å². The van der Waals surface area contributed by atoms with Crippen LogP contribution in [0.4, 0.5) is 11.4 Å². The van der Waals surface area contributed by atoms with Crippen LogP contribution in [0.2, 0.25) is 0 Å². The van der Waals surface area contributed by atoms with Crippen LogP contribution in [-0.4, -0.2) is 42.4 Å². The van der Waals surface area contributed by atoms with Crippen LogP contribution >= 0.6 is 0 Å².